The van der Waals surface area contributed by atoms with Crippen molar-refractivity contribution in [2.24, 2.45) is 5.41 Å². The molecule has 0 unspecified atom stereocenters. The van der Waals surface area contributed by atoms with Gasteiger partial charge in [-0.15, -0.1) is 0 Å². The van der Waals surface area contributed by atoms with Crippen LogP contribution in [-0.2, 0) is 4.74 Å². The molecule has 1 aliphatic carbocycles. The van der Waals surface area contributed by atoms with Crippen LogP contribution < -0.4 is 0 Å². The highest BCUT2D eigenvalue weighted by atomic mass is 16.6. The molecule has 4 atom stereocenters. The first-order chi connectivity index (χ1) is 10.8. The molecule has 0 spiro atoms. The average molecular weight is 320 g/mol. The number of allylic oxidation sites excluding steroid dienone is 2. The zero-order valence-electron chi connectivity index (χ0n) is 14.8. The van der Waals surface area contributed by atoms with Crippen LogP contribution in [0.15, 0.2) is 36.0 Å². The topological polar surface area (TPSA) is 53.0 Å². The lowest BCUT2D eigenvalue weighted by molar-refractivity contribution is 0.180. The van der Waals surface area contributed by atoms with Gasteiger partial charge in [0, 0.05) is 0 Å². The third-order valence-electron chi connectivity index (χ3n) is 5.42. The number of hydrogen-bond acceptors (Lipinski definition) is 3. The molecule has 3 heteroatoms. The van der Waals surface area contributed by atoms with Crippen LogP contribution in [0.3, 0.4) is 0 Å². The zero-order chi connectivity index (χ0) is 17.1. The monoisotopic (exact) mass is 320 g/mol. The van der Waals surface area contributed by atoms with Crippen molar-refractivity contribution in [2.75, 3.05) is 6.61 Å². The Morgan fingerprint density at radius 1 is 1.43 bits per heavy atom. The quantitative estimate of drug-likeness (QED) is 0.596. The lowest BCUT2D eigenvalue weighted by atomic mass is 9.79. The number of rotatable bonds is 5. The van der Waals surface area contributed by atoms with Crippen LogP contribution in [0.1, 0.15) is 59.3 Å². The summed E-state index contributed by atoms with van der Waals surface area (Å²) in [4.78, 5) is 0. The number of epoxide rings is 1. The normalized spacial score (nSPS) is 39.3. The molecular formula is C20H32O3. The molecule has 0 aromatic rings. The minimum absolute atomic E-state index is 0.0120. The van der Waals surface area contributed by atoms with Crippen molar-refractivity contribution < 1.29 is 14.9 Å². The summed E-state index contributed by atoms with van der Waals surface area (Å²) in [5, 5.41) is 19.6. The predicted octanol–water partition coefficient (Wildman–Crippen LogP) is 3.92. The summed E-state index contributed by atoms with van der Waals surface area (Å²) in [6, 6.07) is 0. The fraction of sp³-hybridized carbons (Fsp3) is 0.700. The molecule has 0 aromatic heterocycles. The standard InChI is InChI=1S/C20H32O3/c1-15(2)17(22)9-13-19(3)10-5-11-20(4)18(23-20)7-6-16(14-21)8-12-19/h5,8,10,17-18,21-22H,1,6-7,9,11-14H2,2-4H3/b10-5+,16-8+/t17-,18+,19-,20-/m1/s1. The molecule has 1 fully saturated rings. The van der Waals surface area contributed by atoms with Crippen molar-refractivity contribution >= 4 is 0 Å². The minimum Gasteiger partial charge on any atom is -0.392 e. The smallest absolute Gasteiger partial charge is 0.0954 e. The highest BCUT2D eigenvalue weighted by molar-refractivity contribution is 5.14. The van der Waals surface area contributed by atoms with Crippen LogP contribution in [-0.4, -0.2) is 34.6 Å². The lowest BCUT2D eigenvalue weighted by Gasteiger charge is -2.27. The van der Waals surface area contributed by atoms with Gasteiger partial charge in [-0.3, -0.25) is 0 Å². The highest BCUT2D eigenvalue weighted by Crippen LogP contribution is 2.44. The van der Waals surface area contributed by atoms with Gasteiger partial charge in [0.1, 0.15) is 0 Å². The summed E-state index contributed by atoms with van der Waals surface area (Å²) in [5.74, 6) is 0. The Labute approximate surface area is 140 Å². The van der Waals surface area contributed by atoms with E-state index >= 15 is 0 Å². The number of aliphatic hydroxyl groups is 2. The Balaban J connectivity index is 2.10. The maximum atomic E-state index is 10.0. The summed E-state index contributed by atoms with van der Waals surface area (Å²) in [5.41, 5.74) is 1.88. The third kappa shape index (κ3) is 5.03. The van der Waals surface area contributed by atoms with Gasteiger partial charge in [-0.1, -0.05) is 37.3 Å². The first-order valence-electron chi connectivity index (χ1n) is 8.76. The van der Waals surface area contributed by atoms with Gasteiger partial charge in [-0.25, -0.2) is 0 Å². The molecule has 130 valence electrons. The van der Waals surface area contributed by atoms with E-state index in [9.17, 15) is 10.2 Å². The van der Waals surface area contributed by atoms with Crippen LogP contribution in [0.2, 0.25) is 0 Å². The van der Waals surface area contributed by atoms with Gasteiger partial charge in [-0.05, 0) is 63.4 Å². The van der Waals surface area contributed by atoms with Gasteiger partial charge in [0.25, 0.3) is 0 Å². The van der Waals surface area contributed by atoms with E-state index in [-0.39, 0.29) is 17.6 Å². The van der Waals surface area contributed by atoms with E-state index in [1.165, 1.54) is 0 Å². The number of hydrogen-bond donors (Lipinski definition) is 2. The van der Waals surface area contributed by atoms with E-state index in [1.807, 2.05) is 6.92 Å². The predicted molar refractivity (Wildman–Crippen MR) is 94.2 cm³/mol. The second-order valence-corrected chi connectivity index (χ2v) is 7.84. The van der Waals surface area contributed by atoms with Gasteiger partial charge in [-0.2, -0.15) is 0 Å². The Bertz CT molecular complexity index is 493. The summed E-state index contributed by atoms with van der Waals surface area (Å²) in [6.07, 6.45) is 11.9. The van der Waals surface area contributed by atoms with Crippen LogP contribution in [0.25, 0.3) is 0 Å². The summed E-state index contributed by atoms with van der Waals surface area (Å²) >= 11 is 0. The molecule has 23 heavy (non-hydrogen) atoms. The Kier molecular flexibility index (Phi) is 5.88. The minimum atomic E-state index is -0.437. The van der Waals surface area contributed by atoms with Crippen LogP contribution in [0, 0.1) is 5.41 Å². The van der Waals surface area contributed by atoms with Gasteiger partial charge in [0.05, 0.1) is 24.4 Å². The zero-order valence-corrected chi connectivity index (χ0v) is 14.8. The van der Waals surface area contributed by atoms with Crippen molar-refractivity contribution in [1.82, 2.24) is 0 Å². The Hall–Kier alpha value is -0.900. The molecule has 0 aromatic carbocycles. The average Bonchev–Trinajstić information content (AvgIpc) is 3.14. The number of fused-ring (bicyclic) bond motifs is 1. The van der Waals surface area contributed by atoms with E-state index in [0.717, 1.165) is 49.7 Å². The van der Waals surface area contributed by atoms with Crippen molar-refractivity contribution in [1.29, 1.82) is 0 Å². The molecule has 1 aliphatic heterocycles. The molecule has 0 bridgehead atoms. The largest absolute Gasteiger partial charge is 0.392 e. The van der Waals surface area contributed by atoms with Crippen LogP contribution in [0.5, 0.6) is 0 Å². The Morgan fingerprint density at radius 2 is 2.17 bits per heavy atom. The maximum Gasteiger partial charge on any atom is 0.0954 e. The second-order valence-electron chi connectivity index (χ2n) is 7.84. The number of ether oxygens (including phenoxy) is 1. The van der Waals surface area contributed by atoms with Crippen LogP contribution in [0.4, 0.5) is 0 Å². The molecule has 2 aliphatic rings. The molecule has 2 N–H and O–H groups in total. The van der Waals surface area contributed by atoms with Gasteiger partial charge in [0.15, 0.2) is 0 Å². The van der Waals surface area contributed by atoms with Gasteiger partial charge < -0.3 is 14.9 Å². The molecule has 1 heterocycles. The first-order valence-corrected chi connectivity index (χ1v) is 8.76. The fourth-order valence-electron chi connectivity index (χ4n) is 3.32. The second kappa shape index (κ2) is 7.33. The molecule has 1 saturated heterocycles. The van der Waals surface area contributed by atoms with E-state index in [4.69, 9.17) is 4.74 Å². The number of aliphatic hydroxyl groups excluding tert-OH is 2. The van der Waals surface area contributed by atoms with Crippen molar-refractivity contribution in [2.45, 2.75) is 77.1 Å². The van der Waals surface area contributed by atoms with Crippen LogP contribution >= 0.6 is 0 Å². The van der Waals surface area contributed by atoms with Crippen molar-refractivity contribution in [3.8, 4) is 0 Å². The fourth-order valence-corrected chi connectivity index (χ4v) is 3.32. The van der Waals surface area contributed by atoms with E-state index in [2.05, 4.69) is 38.7 Å². The molecule has 0 amide bonds. The highest BCUT2D eigenvalue weighted by Gasteiger charge is 2.50. The van der Waals surface area contributed by atoms with E-state index < -0.39 is 6.10 Å². The Morgan fingerprint density at radius 3 is 2.83 bits per heavy atom. The van der Waals surface area contributed by atoms with Gasteiger partial charge >= 0.3 is 0 Å². The summed E-state index contributed by atoms with van der Waals surface area (Å²) in [7, 11) is 0. The lowest BCUT2D eigenvalue weighted by Crippen LogP contribution is -2.18. The SMILES string of the molecule is C=C(C)[C@H](O)CC[C@]1(C)/C=C/C[C@@]2(C)O[C@H]2CC/C(CO)=C\C1. The molecule has 0 radical (unpaired) electrons. The first kappa shape index (κ1) is 18.4. The van der Waals surface area contributed by atoms with Gasteiger partial charge in [0.2, 0.25) is 0 Å². The van der Waals surface area contributed by atoms with Crippen molar-refractivity contribution in [3.63, 3.8) is 0 Å². The van der Waals surface area contributed by atoms with E-state index in [1.54, 1.807) is 0 Å². The summed E-state index contributed by atoms with van der Waals surface area (Å²) in [6.45, 7) is 10.2. The van der Waals surface area contributed by atoms with E-state index in [0.29, 0.717) is 6.10 Å². The molecular weight excluding hydrogens is 288 g/mol. The maximum absolute atomic E-state index is 10.0. The molecule has 0 saturated carbocycles. The summed E-state index contributed by atoms with van der Waals surface area (Å²) < 4.78 is 5.86. The van der Waals surface area contributed by atoms with Crippen molar-refractivity contribution in [3.05, 3.63) is 36.0 Å². The molecule has 3 nitrogen and oxygen atoms in total. The molecule has 2 rings (SSSR count). The third-order valence-corrected chi connectivity index (χ3v) is 5.42.